The normalized spacial score (nSPS) is 20.9. The number of ether oxygens (including phenoxy) is 2. The van der Waals surface area contributed by atoms with Gasteiger partial charge in [0.25, 0.3) is 0 Å². The van der Waals surface area contributed by atoms with Crippen molar-refractivity contribution < 1.29 is 32.2 Å². The predicted molar refractivity (Wildman–Crippen MR) is 193 cm³/mol. The second kappa shape index (κ2) is 14.8. The van der Waals surface area contributed by atoms with E-state index in [0.29, 0.717) is 30.7 Å². The van der Waals surface area contributed by atoms with Crippen LogP contribution in [0.1, 0.15) is 52.0 Å². The van der Waals surface area contributed by atoms with Crippen LogP contribution in [0.3, 0.4) is 0 Å². The van der Waals surface area contributed by atoms with Gasteiger partial charge in [-0.2, -0.15) is 9.97 Å². The maximum absolute atomic E-state index is 17.2. The second-order valence-corrected chi connectivity index (χ2v) is 14.0. The molecule has 0 saturated carbocycles. The summed E-state index contributed by atoms with van der Waals surface area (Å²) in [5.74, 6) is -0.0282. The van der Waals surface area contributed by atoms with Crippen molar-refractivity contribution in [1.82, 2.24) is 25.2 Å². The van der Waals surface area contributed by atoms with E-state index in [0.717, 1.165) is 12.8 Å². The number of hydrogen-bond donors (Lipinski definition) is 1. The molecule has 2 aliphatic rings. The molecule has 1 unspecified atom stereocenters. The molecule has 4 aromatic rings. The van der Waals surface area contributed by atoms with Gasteiger partial charge in [0.05, 0.1) is 22.4 Å². The quantitative estimate of drug-likeness (QED) is 0.0947. The number of nitrogens with one attached hydrogen (secondary N) is 1. The molecule has 52 heavy (non-hydrogen) atoms. The van der Waals surface area contributed by atoms with Crippen LogP contribution < -0.4 is 19.7 Å². The largest absolute Gasteiger partial charge is 0.461 e. The SMILES string of the molecule is C#Cc1c(F)ccc2cc(OC(=O)C(C)C)cc(-c3ncc4c(N5CCCCC(NC(=O)C=C)C5)nc(OC[C@]5(C)C[C@@H](F)CN5C)nc4c3F)c12. The fourth-order valence-electron chi connectivity index (χ4n) is 6.87. The molecular weight excluding hydrogens is 673 g/mol. The summed E-state index contributed by atoms with van der Waals surface area (Å²) in [6.45, 7) is 9.97. The van der Waals surface area contributed by atoms with Crippen LogP contribution in [0.5, 0.6) is 11.8 Å². The number of pyridine rings is 1. The van der Waals surface area contributed by atoms with Crippen LogP contribution in [-0.4, -0.2) is 82.8 Å². The highest BCUT2D eigenvalue weighted by Gasteiger charge is 2.41. The number of nitrogens with zero attached hydrogens (tertiary/aromatic N) is 5. The number of likely N-dealkylation sites (N-methyl/N-ethyl adjacent to an activating group) is 1. The van der Waals surface area contributed by atoms with E-state index < -0.39 is 35.2 Å². The van der Waals surface area contributed by atoms with Crippen LogP contribution in [-0.2, 0) is 9.59 Å². The molecule has 2 aromatic carbocycles. The van der Waals surface area contributed by atoms with Gasteiger partial charge in [-0.3, -0.25) is 19.5 Å². The van der Waals surface area contributed by atoms with E-state index in [-0.39, 0.29) is 76.4 Å². The molecule has 13 heteroatoms. The maximum atomic E-state index is 17.2. The van der Waals surface area contributed by atoms with Gasteiger partial charge in [-0.15, -0.1) is 6.42 Å². The molecule has 4 heterocycles. The fraction of sp³-hybridized carbons (Fsp3) is 0.410. The Labute approximate surface area is 300 Å². The van der Waals surface area contributed by atoms with E-state index in [2.05, 4.69) is 27.8 Å². The van der Waals surface area contributed by atoms with E-state index in [1.54, 1.807) is 13.8 Å². The number of alkyl halides is 1. The van der Waals surface area contributed by atoms with Crippen LogP contribution >= 0.6 is 0 Å². The number of amides is 1. The van der Waals surface area contributed by atoms with Gasteiger partial charge in [0.1, 0.15) is 41.4 Å². The van der Waals surface area contributed by atoms with Crippen LogP contribution in [0.2, 0.25) is 0 Å². The van der Waals surface area contributed by atoms with Gasteiger partial charge in [-0.05, 0) is 62.9 Å². The van der Waals surface area contributed by atoms with Crippen molar-refractivity contribution in [3.8, 4) is 35.4 Å². The number of benzene rings is 2. The van der Waals surface area contributed by atoms with Crippen molar-refractivity contribution in [1.29, 1.82) is 0 Å². The summed E-state index contributed by atoms with van der Waals surface area (Å²) in [6.07, 6.45) is 9.93. The lowest BCUT2D eigenvalue weighted by molar-refractivity contribution is -0.137. The highest BCUT2D eigenvalue weighted by Crippen LogP contribution is 2.40. The number of carbonyl (C=O) groups is 2. The summed E-state index contributed by atoms with van der Waals surface area (Å²) in [5, 5.41) is 3.84. The zero-order valence-corrected chi connectivity index (χ0v) is 29.6. The summed E-state index contributed by atoms with van der Waals surface area (Å²) >= 11 is 0. The zero-order valence-electron chi connectivity index (χ0n) is 29.6. The lowest BCUT2D eigenvalue weighted by Gasteiger charge is -2.31. The molecule has 1 N–H and O–H groups in total. The van der Waals surface area contributed by atoms with E-state index in [1.165, 1.54) is 36.5 Å². The Kier molecular flexibility index (Phi) is 10.4. The minimum absolute atomic E-state index is 0.0329. The number of halogens is 3. The standard InChI is InChI=1S/C39H41F3N6O4/c1-7-27-30(41)13-12-23-15-26(52-37(50)22(3)4)16-28(32(23)27)34-33(42)35-29(18-43-34)36(48-14-10-9-11-25(20-48)44-31(49)8-2)46-38(45-35)51-21-39(5)17-24(40)19-47(39)6/h1,8,12-13,15-16,18,22,24-25H,2,9-11,14,17,19-21H2,3-6H3,(H,44,49)/t24-,25?,39+/m1/s1. The molecule has 2 fully saturated rings. The molecule has 2 aromatic heterocycles. The topological polar surface area (TPSA) is 110 Å². The van der Waals surface area contributed by atoms with Gasteiger partial charge in [0.15, 0.2) is 5.82 Å². The van der Waals surface area contributed by atoms with Gasteiger partial charge in [-0.25, -0.2) is 13.2 Å². The van der Waals surface area contributed by atoms with Crippen LogP contribution in [0.4, 0.5) is 19.0 Å². The van der Waals surface area contributed by atoms with Crippen molar-refractivity contribution in [2.24, 2.45) is 5.92 Å². The number of fused-ring (bicyclic) bond motifs is 2. The first kappa shape index (κ1) is 36.6. The number of terminal acetylenes is 1. The molecule has 272 valence electrons. The molecule has 1 amide bonds. The smallest absolute Gasteiger partial charge is 0.319 e. The third-order valence-electron chi connectivity index (χ3n) is 9.84. The lowest BCUT2D eigenvalue weighted by Crippen LogP contribution is -2.43. The Balaban J connectivity index is 1.53. The molecule has 0 spiro atoms. The fourth-order valence-corrected chi connectivity index (χ4v) is 6.87. The number of anilines is 1. The average Bonchev–Trinajstić information content (AvgIpc) is 3.23. The molecular formula is C39H41F3N6O4. The predicted octanol–water partition coefficient (Wildman–Crippen LogP) is 6.14. The van der Waals surface area contributed by atoms with Crippen molar-refractivity contribution in [2.45, 2.75) is 64.2 Å². The molecule has 3 atom stereocenters. The monoisotopic (exact) mass is 714 g/mol. The minimum Gasteiger partial charge on any atom is -0.461 e. The Morgan fingerprint density at radius 1 is 1.21 bits per heavy atom. The molecule has 2 saturated heterocycles. The maximum Gasteiger partial charge on any atom is 0.319 e. The summed E-state index contributed by atoms with van der Waals surface area (Å²) in [5.41, 5.74) is -1.03. The number of rotatable bonds is 9. The second-order valence-electron chi connectivity index (χ2n) is 14.0. The van der Waals surface area contributed by atoms with Gasteiger partial charge in [0, 0.05) is 49.2 Å². The minimum atomic E-state index is -1.03. The van der Waals surface area contributed by atoms with E-state index >= 15 is 8.78 Å². The van der Waals surface area contributed by atoms with Crippen molar-refractivity contribution >= 4 is 39.4 Å². The third kappa shape index (κ3) is 7.25. The highest BCUT2D eigenvalue weighted by molar-refractivity contribution is 6.03. The van der Waals surface area contributed by atoms with Gasteiger partial charge >= 0.3 is 12.0 Å². The highest BCUT2D eigenvalue weighted by atomic mass is 19.1. The molecule has 6 rings (SSSR count). The first-order valence-electron chi connectivity index (χ1n) is 17.3. The summed E-state index contributed by atoms with van der Waals surface area (Å²) < 4.78 is 58.4. The first-order chi connectivity index (χ1) is 24.8. The lowest BCUT2D eigenvalue weighted by atomic mass is 9.95. The number of likely N-dealkylation sites (tertiary alicyclic amines) is 1. The summed E-state index contributed by atoms with van der Waals surface area (Å²) in [6, 6.07) is 5.23. The zero-order chi connectivity index (χ0) is 37.3. The van der Waals surface area contributed by atoms with Crippen LogP contribution in [0.25, 0.3) is 32.9 Å². The van der Waals surface area contributed by atoms with Gasteiger partial charge in [-0.1, -0.05) is 32.4 Å². The Morgan fingerprint density at radius 3 is 2.69 bits per heavy atom. The van der Waals surface area contributed by atoms with Crippen LogP contribution in [0.15, 0.2) is 43.1 Å². The molecule has 0 aliphatic carbocycles. The third-order valence-corrected chi connectivity index (χ3v) is 9.84. The Bertz CT molecular complexity index is 2100. The van der Waals surface area contributed by atoms with Crippen molar-refractivity contribution in [3.05, 3.63) is 60.3 Å². The van der Waals surface area contributed by atoms with E-state index in [4.69, 9.17) is 20.9 Å². The Hall–Kier alpha value is -5.22. The number of hydrogen-bond acceptors (Lipinski definition) is 9. The molecule has 10 nitrogen and oxygen atoms in total. The van der Waals surface area contributed by atoms with Gasteiger partial charge in [0.2, 0.25) is 5.91 Å². The average molecular weight is 715 g/mol. The molecule has 0 radical (unpaired) electrons. The molecule has 2 aliphatic heterocycles. The van der Waals surface area contributed by atoms with Crippen molar-refractivity contribution in [3.63, 3.8) is 0 Å². The van der Waals surface area contributed by atoms with Crippen LogP contribution in [0, 0.1) is 29.9 Å². The Morgan fingerprint density at radius 2 is 2.00 bits per heavy atom. The number of aromatic nitrogens is 3. The van der Waals surface area contributed by atoms with E-state index in [9.17, 15) is 14.0 Å². The number of carbonyl (C=O) groups excluding carboxylic acids is 2. The summed E-state index contributed by atoms with van der Waals surface area (Å²) in [4.78, 5) is 42.4. The van der Waals surface area contributed by atoms with Gasteiger partial charge < -0.3 is 19.7 Å². The molecule has 0 bridgehead atoms. The first-order valence-corrected chi connectivity index (χ1v) is 17.3. The number of esters is 1. The van der Waals surface area contributed by atoms with E-state index in [1.807, 2.05) is 23.8 Å². The van der Waals surface area contributed by atoms with Crippen molar-refractivity contribution in [2.75, 3.05) is 38.2 Å². The summed E-state index contributed by atoms with van der Waals surface area (Å²) in [7, 11) is 1.81.